The minimum Gasteiger partial charge on any atom is -0.444 e. The van der Waals surface area contributed by atoms with Crippen LogP contribution in [0.5, 0.6) is 0 Å². The van der Waals surface area contributed by atoms with Gasteiger partial charge in [0.2, 0.25) is 11.8 Å². The largest absolute Gasteiger partial charge is 0.444 e. The van der Waals surface area contributed by atoms with E-state index >= 15 is 0 Å². The molecular weight excluding hydrogens is 502 g/mol. The van der Waals surface area contributed by atoms with Gasteiger partial charge in [-0.2, -0.15) is 11.8 Å². The molecule has 8 nitrogen and oxygen atoms in total. The van der Waals surface area contributed by atoms with E-state index in [-0.39, 0.29) is 18.2 Å². The highest BCUT2D eigenvalue weighted by Crippen LogP contribution is 2.16. The number of thioether (sulfide) groups is 1. The highest BCUT2D eigenvalue weighted by Gasteiger charge is 2.29. The predicted octanol–water partition coefficient (Wildman–Crippen LogP) is 4.30. The molecule has 38 heavy (non-hydrogen) atoms. The summed E-state index contributed by atoms with van der Waals surface area (Å²) in [6.45, 7) is 15.2. The van der Waals surface area contributed by atoms with Crippen molar-refractivity contribution in [1.82, 2.24) is 16.0 Å². The van der Waals surface area contributed by atoms with Crippen molar-refractivity contribution in [2.75, 3.05) is 11.5 Å². The molecule has 0 aliphatic carbocycles. The maximum atomic E-state index is 13.2. The van der Waals surface area contributed by atoms with Gasteiger partial charge in [-0.1, -0.05) is 58.0 Å². The molecule has 0 aliphatic rings. The molecule has 1 rings (SSSR count). The Hall–Kier alpha value is -2.26. The van der Waals surface area contributed by atoms with E-state index in [1.807, 2.05) is 44.2 Å². The van der Waals surface area contributed by atoms with Crippen LogP contribution in [0.15, 0.2) is 30.3 Å². The van der Waals surface area contributed by atoms with Crippen molar-refractivity contribution < 1.29 is 24.2 Å². The van der Waals surface area contributed by atoms with Gasteiger partial charge in [-0.3, -0.25) is 9.59 Å². The van der Waals surface area contributed by atoms with E-state index < -0.39 is 41.8 Å². The fraction of sp³-hybridized carbons (Fsp3) is 0.690. The van der Waals surface area contributed by atoms with Crippen LogP contribution in [0.4, 0.5) is 4.79 Å². The van der Waals surface area contributed by atoms with Crippen LogP contribution >= 0.6 is 11.8 Å². The molecule has 3 amide bonds. The number of alkyl carbamates (subject to hydrolysis) is 1. The third-order valence-electron chi connectivity index (χ3n) is 5.57. The van der Waals surface area contributed by atoms with E-state index in [2.05, 4.69) is 29.8 Å². The lowest BCUT2D eigenvalue weighted by atomic mass is 9.97. The minimum absolute atomic E-state index is 0.239. The monoisotopic (exact) mass is 551 g/mol. The Morgan fingerprint density at radius 2 is 1.55 bits per heavy atom. The zero-order chi connectivity index (χ0) is 28.9. The van der Waals surface area contributed by atoms with Gasteiger partial charge in [-0.05, 0) is 69.4 Å². The van der Waals surface area contributed by atoms with Crippen molar-refractivity contribution in [3.05, 3.63) is 35.9 Å². The second kappa shape index (κ2) is 16.6. The number of carbonyl (C=O) groups is 3. The highest BCUT2D eigenvalue weighted by molar-refractivity contribution is 7.99. The number of nitrogens with one attached hydrogen (secondary N) is 3. The lowest BCUT2D eigenvalue weighted by Crippen LogP contribution is -2.56. The fourth-order valence-electron chi connectivity index (χ4n) is 3.74. The Labute approximate surface area is 233 Å². The summed E-state index contributed by atoms with van der Waals surface area (Å²) < 4.78 is 5.34. The molecule has 0 fully saturated rings. The molecule has 1 aromatic carbocycles. The van der Waals surface area contributed by atoms with Gasteiger partial charge in [0.25, 0.3) is 0 Å². The summed E-state index contributed by atoms with van der Waals surface area (Å²) >= 11 is 1.80. The van der Waals surface area contributed by atoms with Crippen LogP contribution in [0.1, 0.15) is 73.8 Å². The van der Waals surface area contributed by atoms with Crippen molar-refractivity contribution in [3.8, 4) is 0 Å². The topological polar surface area (TPSA) is 117 Å². The van der Waals surface area contributed by atoms with Crippen LogP contribution in [0, 0.1) is 11.8 Å². The number of benzene rings is 1. The Morgan fingerprint density at radius 1 is 0.921 bits per heavy atom. The van der Waals surface area contributed by atoms with Crippen LogP contribution in [0.3, 0.4) is 0 Å². The van der Waals surface area contributed by atoms with Gasteiger partial charge in [0.1, 0.15) is 17.7 Å². The lowest BCUT2D eigenvalue weighted by molar-refractivity contribution is -0.130. The highest BCUT2D eigenvalue weighted by atomic mass is 32.2. The average molecular weight is 552 g/mol. The first-order valence-electron chi connectivity index (χ1n) is 13.6. The van der Waals surface area contributed by atoms with Crippen LogP contribution in [0.25, 0.3) is 0 Å². The van der Waals surface area contributed by atoms with E-state index in [1.165, 1.54) is 0 Å². The Balaban J connectivity index is 2.84. The first kappa shape index (κ1) is 33.8. The number of aliphatic hydroxyl groups excluding tert-OH is 1. The standard InChI is InChI=1S/C29H49N3O5S/c1-19(2)16-23(25(33)14-15-38-18-20(3)4)31-26(34)21(5)30-27(35)24(17-22-12-10-9-11-13-22)32-28(36)37-29(6,7)8/h9-13,19-21,23-25,33H,14-18H2,1-8H3,(H,30,35)(H,31,34)(H,32,36)/t21-,23-,24-,25-/m0/s1. The molecular formula is C29H49N3O5S. The minimum atomic E-state index is -0.933. The summed E-state index contributed by atoms with van der Waals surface area (Å²) in [6.07, 6.45) is 0.0569. The number of ether oxygens (including phenoxy) is 1. The van der Waals surface area contributed by atoms with E-state index in [9.17, 15) is 19.5 Å². The number of carbonyl (C=O) groups excluding carboxylic acids is 3. The molecule has 0 aliphatic heterocycles. The zero-order valence-electron chi connectivity index (χ0n) is 24.4. The predicted molar refractivity (Wildman–Crippen MR) is 155 cm³/mol. The Morgan fingerprint density at radius 3 is 2.11 bits per heavy atom. The van der Waals surface area contributed by atoms with Crippen molar-refractivity contribution in [1.29, 1.82) is 0 Å². The van der Waals surface area contributed by atoms with Gasteiger partial charge in [0.05, 0.1) is 12.1 Å². The molecule has 0 saturated carbocycles. The third-order valence-corrected chi connectivity index (χ3v) is 7.00. The van der Waals surface area contributed by atoms with Gasteiger partial charge >= 0.3 is 6.09 Å². The third kappa shape index (κ3) is 14.6. The maximum absolute atomic E-state index is 13.2. The van der Waals surface area contributed by atoms with Gasteiger partial charge in [0, 0.05) is 6.42 Å². The maximum Gasteiger partial charge on any atom is 0.408 e. The molecule has 4 atom stereocenters. The SMILES string of the molecule is CC(C)CSCC[C@H](O)[C@H](CC(C)C)NC(=O)[C@H](C)NC(=O)[C@H](Cc1ccccc1)NC(=O)OC(C)(C)C. The summed E-state index contributed by atoms with van der Waals surface area (Å²) in [5, 5.41) is 19.1. The Bertz CT molecular complexity index is 858. The summed E-state index contributed by atoms with van der Waals surface area (Å²) in [6, 6.07) is 7.11. The van der Waals surface area contributed by atoms with E-state index in [0.29, 0.717) is 18.8 Å². The van der Waals surface area contributed by atoms with Crippen LogP contribution in [-0.4, -0.2) is 64.4 Å². The second-order valence-corrected chi connectivity index (χ2v) is 12.8. The normalized spacial score (nSPS) is 14.9. The molecule has 0 spiro atoms. The summed E-state index contributed by atoms with van der Waals surface area (Å²) in [5.41, 5.74) is 0.140. The molecule has 1 aromatic rings. The Kier molecular flexibility index (Phi) is 14.8. The smallest absolute Gasteiger partial charge is 0.408 e. The van der Waals surface area contributed by atoms with Crippen molar-refractivity contribution >= 4 is 29.7 Å². The quantitative estimate of drug-likeness (QED) is 0.242. The first-order chi connectivity index (χ1) is 17.7. The molecule has 9 heteroatoms. The average Bonchev–Trinajstić information content (AvgIpc) is 2.79. The van der Waals surface area contributed by atoms with Crippen LogP contribution in [-0.2, 0) is 20.7 Å². The summed E-state index contributed by atoms with van der Waals surface area (Å²) in [7, 11) is 0. The van der Waals surface area contributed by atoms with Crippen molar-refractivity contribution in [3.63, 3.8) is 0 Å². The van der Waals surface area contributed by atoms with Gasteiger partial charge in [0.15, 0.2) is 0 Å². The molecule has 0 saturated heterocycles. The van der Waals surface area contributed by atoms with Gasteiger partial charge in [-0.25, -0.2) is 4.79 Å². The van der Waals surface area contributed by atoms with Crippen molar-refractivity contribution in [2.24, 2.45) is 11.8 Å². The molecule has 0 aromatic heterocycles. The van der Waals surface area contributed by atoms with Crippen LogP contribution < -0.4 is 16.0 Å². The number of aliphatic hydroxyl groups is 1. The molecule has 0 unspecified atom stereocenters. The first-order valence-corrected chi connectivity index (χ1v) is 14.7. The van der Waals surface area contributed by atoms with E-state index in [4.69, 9.17) is 4.74 Å². The molecule has 0 radical (unpaired) electrons. The van der Waals surface area contributed by atoms with Gasteiger partial charge < -0.3 is 25.8 Å². The van der Waals surface area contributed by atoms with Gasteiger partial charge in [-0.15, -0.1) is 0 Å². The molecule has 0 bridgehead atoms. The number of hydrogen-bond donors (Lipinski definition) is 4. The fourth-order valence-corrected chi connectivity index (χ4v) is 4.79. The number of rotatable bonds is 15. The summed E-state index contributed by atoms with van der Waals surface area (Å²) in [5.74, 6) is 1.83. The number of hydrogen-bond acceptors (Lipinski definition) is 6. The number of amides is 3. The van der Waals surface area contributed by atoms with Crippen molar-refractivity contribution in [2.45, 2.75) is 104 Å². The second-order valence-electron chi connectivity index (χ2n) is 11.7. The lowest BCUT2D eigenvalue weighted by Gasteiger charge is -2.28. The van der Waals surface area contributed by atoms with E-state index in [0.717, 1.165) is 17.1 Å². The zero-order valence-corrected chi connectivity index (χ0v) is 25.2. The molecule has 0 heterocycles. The summed E-state index contributed by atoms with van der Waals surface area (Å²) in [4.78, 5) is 38.6. The molecule has 4 N–H and O–H groups in total. The van der Waals surface area contributed by atoms with E-state index in [1.54, 1.807) is 39.5 Å². The molecule has 216 valence electrons. The van der Waals surface area contributed by atoms with Crippen LogP contribution in [0.2, 0.25) is 0 Å².